The van der Waals surface area contributed by atoms with E-state index in [0.717, 1.165) is 0 Å². The molecule has 1 aromatic heterocycles. The van der Waals surface area contributed by atoms with Gasteiger partial charge in [0.05, 0.1) is 33.7 Å². The summed E-state index contributed by atoms with van der Waals surface area (Å²) in [5.74, 6) is 1.27. The van der Waals surface area contributed by atoms with Crippen LogP contribution in [0.3, 0.4) is 0 Å². The second kappa shape index (κ2) is 9.06. The Labute approximate surface area is 144 Å². The van der Waals surface area contributed by atoms with Crippen LogP contribution in [0.5, 0.6) is 23.1 Å². The Morgan fingerprint density at radius 2 is 1.88 bits per heavy atom. The number of methoxy groups -OCH3 is 3. The topological polar surface area (TPSA) is 104 Å². The number of rotatable bonds is 8. The lowest BCUT2D eigenvalue weighted by atomic mass is 10.2. The number of ether oxygens (including phenoxy) is 4. The van der Waals surface area contributed by atoms with Crippen molar-refractivity contribution in [3.63, 3.8) is 0 Å². The zero-order valence-corrected chi connectivity index (χ0v) is 14.1. The third-order valence-corrected chi connectivity index (χ3v) is 2.98. The van der Waals surface area contributed by atoms with E-state index in [1.54, 1.807) is 12.1 Å². The highest BCUT2D eigenvalue weighted by atomic mass is 16.5. The van der Waals surface area contributed by atoms with Crippen molar-refractivity contribution in [2.75, 3.05) is 27.9 Å². The summed E-state index contributed by atoms with van der Waals surface area (Å²) >= 11 is 0. The Bertz CT molecular complexity index is 712. The van der Waals surface area contributed by atoms with Gasteiger partial charge in [0.15, 0.2) is 18.1 Å². The van der Waals surface area contributed by atoms with Crippen molar-refractivity contribution in [1.29, 1.82) is 0 Å². The van der Waals surface area contributed by atoms with Crippen LogP contribution in [0.1, 0.15) is 5.56 Å². The third-order valence-electron chi connectivity index (χ3n) is 2.98. The van der Waals surface area contributed by atoms with E-state index in [1.165, 1.54) is 46.1 Å². The minimum absolute atomic E-state index is 0.231. The van der Waals surface area contributed by atoms with Crippen LogP contribution in [0.2, 0.25) is 0 Å². The molecule has 0 aliphatic heterocycles. The summed E-state index contributed by atoms with van der Waals surface area (Å²) in [6.07, 6.45) is 5.83. The van der Waals surface area contributed by atoms with Crippen molar-refractivity contribution < 1.29 is 23.7 Å². The zero-order valence-electron chi connectivity index (χ0n) is 14.1. The minimum atomic E-state index is -0.436. The van der Waals surface area contributed by atoms with Crippen LogP contribution in [0.25, 0.3) is 0 Å². The first-order valence-corrected chi connectivity index (χ1v) is 7.18. The third kappa shape index (κ3) is 5.06. The molecule has 25 heavy (non-hydrogen) atoms. The first-order valence-electron chi connectivity index (χ1n) is 7.18. The summed E-state index contributed by atoms with van der Waals surface area (Å²) in [5.41, 5.74) is 3.01. The largest absolute Gasteiger partial charge is 0.493 e. The van der Waals surface area contributed by atoms with Gasteiger partial charge in [-0.2, -0.15) is 5.10 Å². The van der Waals surface area contributed by atoms with E-state index in [1.807, 2.05) is 0 Å². The normalized spacial score (nSPS) is 10.4. The zero-order chi connectivity index (χ0) is 18.1. The number of hydrogen-bond acceptors (Lipinski definition) is 8. The number of amides is 1. The fourth-order valence-electron chi connectivity index (χ4n) is 1.89. The fourth-order valence-corrected chi connectivity index (χ4v) is 1.89. The van der Waals surface area contributed by atoms with Gasteiger partial charge in [0.25, 0.3) is 5.91 Å². The van der Waals surface area contributed by atoms with E-state index < -0.39 is 5.91 Å². The summed E-state index contributed by atoms with van der Waals surface area (Å²) in [7, 11) is 4.55. The highest BCUT2D eigenvalue weighted by molar-refractivity contribution is 5.84. The molecule has 9 heteroatoms. The van der Waals surface area contributed by atoms with Crippen LogP contribution in [0.4, 0.5) is 0 Å². The Morgan fingerprint density at radius 1 is 1.16 bits per heavy atom. The molecule has 0 saturated carbocycles. The van der Waals surface area contributed by atoms with E-state index in [9.17, 15) is 4.79 Å². The van der Waals surface area contributed by atoms with Crippen LogP contribution < -0.4 is 24.4 Å². The molecule has 0 atom stereocenters. The number of aromatic nitrogens is 2. The highest BCUT2D eigenvalue weighted by Gasteiger charge is 2.12. The van der Waals surface area contributed by atoms with Crippen LogP contribution in [0, 0.1) is 0 Å². The van der Waals surface area contributed by atoms with Crippen LogP contribution in [0.15, 0.2) is 35.8 Å². The second-order valence-electron chi connectivity index (χ2n) is 4.58. The average molecular weight is 346 g/mol. The molecule has 1 N–H and O–H groups in total. The van der Waals surface area contributed by atoms with Crippen molar-refractivity contribution >= 4 is 12.1 Å². The molecular weight excluding hydrogens is 328 g/mol. The molecular formula is C16H18N4O5. The summed E-state index contributed by atoms with van der Waals surface area (Å²) in [6, 6.07) is 3.40. The maximum Gasteiger partial charge on any atom is 0.278 e. The average Bonchev–Trinajstić information content (AvgIpc) is 2.66. The molecule has 0 aliphatic rings. The van der Waals surface area contributed by atoms with E-state index in [0.29, 0.717) is 22.8 Å². The van der Waals surface area contributed by atoms with Gasteiger partial charge in [-0.15, -0.1) is 0 Å². The Hall–Kier alpha value is -3.36. The molecule has 0 aliphatic carbocycles. The molecule has 0 fully saturated rings. The molecule has 2 aromatic rings. The predicted molar refractivity (Wildman–Crippen MR) is 89.4 cm³/mol. The van der Waals surface area contributed by atoms with Crippen molar-refractivity contribution in [1.82, 2.24) is 15.4 Å². The van der Waals surface area contributed by atoms with Crippen LogP contribution >= 0.6 is 0 Å². The first-order chi connectivity index (χ1) is 12.2. The lowest BCUT2D eigenvalue weighted by Gasteiger charge is -2.12. The SMILES string of the molecule is COc1cc(/C=N/NC(=O)COc2cnccn2)cc(OC)c1OC. The lowest BCUT2D eigenvalue weighted by Crippen LogP contribution is -2.24. The number of carbonyl (C=O) groups excluding carboxylic acids is 1. The van der Waals surface area contributed by atoms with Gasteiger partial charge in [0.1, 0.15) is 0 Å². The van der Waals surface area contributed by atoms with E-state index in [-0.39, 0.29) is 12.5 Å². The van der Waals surface area contributed by atoms with E-state index in [2.05, 4.69) is 20.5 Å². The molecule has 132 valence electrons. The first kappa shape index (κ1) is 18.0. The van der Waals surface area contributed by atoms with Crippen LogP contribution in [-0.2, 0) is 4.79 Å². The number of carbonyl (C=O) groups is 1. The lowest BCUT2D eigenvalue weighted by molar-refractivity contribution is -0.123. The van der Waals surface area contributed by atoms with E-state index >= 15 is 0 Å². The van der Waals surface area contributed by atoms with Gasteiger partial charge in [0, 0.05) is 18.0 Å². The maximum absolute atomic E-state index is 11.7. The van der Waals surface area contributed by atoms with Gasteiger partial charge in [-0.05, 0) is 12.1 Å². The van der Waals surface area contributed by atoms with Gasteiger partial charge in [-0.3, -0.25) is 9.78 Å². The van der Waals surface area contributed by atoms with Gasteiger partial charge in [0.2, 0.25) is 11.6 Å². The number of benzene rings is 1. The molecule has 1 amide bonds. The number of hydrazone groups is 1. The van der Waals surface area contributed by atoms with Crippen molar-refractivity contribution in [2.24, 2.45) is 5.10 Å². The summed E-state index contributed by atoms with van der Waals surface area (Å²) in [5, 5.41) is 3.87. The van der Waals surface area contributed by atoms with Gasteiger partial charge in [-0.25, -0.2) is 10.4 Å². The maximum atomic E-state index is 11.7. The van der Waals surface area contributed by atoms with E-state index in [4.69, 9.17) is 18.9 Å². The summed E-state index contributed by atoms with van der Waals surface area (Å²) < 4.78 is 20.9. The second-order valence-corrected chi connectivity index (χ2v) is 4.58. The molecule has 1 aromatic carbocycles. The summed E-state index contributed by atoms with van der Waals surface area (Å²) in [6.45, 7) is -0.231. The number of nitrogens with one attached hydrogen (secondary N) is 1. The molecule has 9 nitrogen and oxygen atoms in total. The number of nitrogens with zero attached hydrogens (tertiary/aromatic N) is 3. The predicted octanol–water partition coefficient (Wildman–Crippen LogP) is 1.03. The molecule has 0 saturated heterocycles. The molecule has 2 rings (SSSR count). The van der Waals surface area contributed by atoms with Crippen molar-refractivity contribution in [2.45, 2.75) is 0 Å². The quantitative estimate of drug-likeness (QED) is 0.562. The Kier molecular flexibility index (Phi) is 6.52. The summed E-state index contributed by atoms with van der Waals surface area (Å²) in [4.78, 5) is 19.4. The Morgan fingerprint density at radius 3 is 2.44 bits per heavy atom. The van der Waals surface area contributed by atoms with Crippen molar-refractivity contribution in [3.05, 3.63) is 36.3 Å². The molecule has 0 bridgehead atoms. The smallest absolute Gasteiger partial charge is 0.278 e. The molecule has 0 spiro atoms. The van der Waals surface area contributed by atoms with Crippen LogP contribution in [-0.4, -0.2) is 50.0 Å². The minimum Gasteiger partial charge on any atom is -0.493 e. The van der Waals surface area contributed by atoms with Gasteiger partial charge in [-0.1, -0.05) is 0 Å². The highest BCUT2D eigenvalue weighted by Crippen LogP contribution is 2.37. The Balaban J connectivity index is 1.96. The molecule has 0 radical (unpaired) electrons. The standard InChI is InChI=1S/C16H18N4O5/c1-22-12-6-11(7-13(23-2)16(12)24-3)8-19-20-14(21)10-25-15-9-17-4-5-18-15/h4-9H,10H2,1-3H3,(H,20,21)/b19-8+. The van der Waals surface area contributed by atoms with Gasteiger partial charge < -0.3 is 18.9 Å². The van der Waals surface area contributed by atoms with Gasteiger partial charge >= 0.3 is 0 Å². The monoisotopic (exact) mass is 346 g/mol. The number of hydrogen-bond donors (Lipinski definition) is 1. The fraction of sp³-hybridized carbons (Fsp3) is 0.250. The molecule has 0 unspecified atom stereocenters. The molecule has 1 heterocycles. The van der Waals surface area contributed by atoms with Crippen molar-refractivity contribution in [3.8, 4) is 23.1 Å².